The molecule has 0 radical (unpaired) electrons. The zero-order valence-corrected chi connectivity index (χ0v) is 17.5. The van der Waals surface area contributed by atoms with Gasteiger partial charge in [-0.3, -0.25) is 24.0 Å². The maximum atomic E-state index is 12.7. The van der Waals surface area contributed by atoms with E-state index in [-0.39, 0.29) is 29.9 Å². The number of fused-ring (bicyclic) bond motifs is 2. The standard InChI is InChI=1S/C21H22N6O2.CH2O2/c28-17(14-27-10-2-9-23-27)26-11-6-21(7-12-26)5-4-16-18(21)24-19(25-20(16)29)15-3-1-8-22-13-15;2-1-3/h1-3,8-10,13H,4-7,11-12,14H2,(H,24,25,29);1H,(H,2,3). The van der Waals surface area contributed by atoms with Gasteiger partial charge in [0, 0.05) is 54.4 Å². The number of amides is 1. The number of rotatable bonds is 3. The zero-order valence-electron chi connectivity index (χ0n) is 17.5. The van der Waals surface area contributed by atoms with Crippen molar-refractivity contribution in [2.75, 3.05) is 13.1 Å². The topological polar surface area (TPSA) is 134 Å². The van der Waals surface area contributed by atoms with E-state index in [9.17, 15) is 9.59 Å². The molecule has 0 saturated carbocycles. The number of likely N-dealkylation sites (tertiary alicyclic amines) is 1. The largest absolute Gasteiger partial charge is 0.483 e. The quantitative estimate of drug-likeness (QED) is 0.590. The molecule has 1 spiro atoms. The summed E-state index contributed by atoms with van der Waals surface area (Å²) in [5.74, 6) is 0.650. The number of hydrogen-bond acceptors (Lipinski definition) is 6. The van der Waals surface area contributed by atoms with Gasteiger partial charge in [0.15, 0.2) is 0 Å². The van der Waals surface area contributed by atoms with E-state index in [1.165, 1.54) is 0 Å². The lowest BCUT2D eigenvalue weighted by atomic mass is 9.76. The Kier molecular flexibility index (Phi) is 6.11. The number of carboxylic acid groups (broad SMARTS) is 1. The molecule has 0 unspecified atom stereocenters. The first-order chi connectivity index (χ1) is 15.6. The van der Waals surface area contributed by atoms with Crippen LogP contribution >= 0.6 is 0 Å². The van der Waals surface area contributed by atoms with Crippen LogP contribution in [0.1, 0.15) is 30.5 Å². The lowest BCUT2D eigenvalue weighted by molar-refractivity contribution is -0.133. The van der Waals surface area contributed by atoms with Crippen LogP contribution in [0.4, 0.5) is 0 Å². The molecule has 4 heterocycles. The van der Waals surface area contributed by atoms with E-state index in [0.717, 1.165) is 42.5 Å². The SMILES string of the molecule is O=C(Cn1cccn1)N1CCC2(CCc3c2nc(-c2cccnc2)[nH]c3=O)CC1.O=CO. The predicted molar refractivity (Wildman–Crippen MR) is 115 cm³/mol. The van der Waals surface area contributed by atoms with Crippen molar-refractivity contribution in [1.29, 1.82) is 0 Å². The summed E-state index contributed by atoms with van der Waals surface area (Å²) in [7, 11) is 0. The van der Waals surface area contributed by atoms with Crippen molar-refractivity contribution < 1.29 is 14.7 Å². The average Bonchev–Trinajstić information content (AvgIpc) is 3.44. The van der Waals surface area contributed by atoms with Crippen LogP contribution in [0.2, 0.25) is 0 Å². The maximum Gasteiger partial charge on any atom is 0.290 e. The van der Waals surface area contributed by atoms with E-state index >= 15 is 0 Å². The fraction of sp³-hybridized carbons (Fsp3) is 0.364. The first kappa shape index (κ1) is 21.4. The average molecular weight is 436 g/mol. The molecule has 1 fully saturated rings. The highest BCUT2D eigenvalue weighted by molar-refractivity contribution is 5.76. The van der Waals surface area contributed by atoms with Crippen LogP contribution in [0.5, 0.6) is 0 Å². The Morgan fingerprint density at radius 3 is 2.66 bits per heavy atom. The van der Waals surface area contributed by atoms with Crippen LogP contribution < -0.4 is 5.56 Å². The molecule has 2 N–H and O–H groups in total. The molecular weight excluding hydrogens is 412 g/mol. The van der Waals surface area contributed by atoms with Crippen molar-refractivity contribution in [3.05, 3.63) is 64.6 Å². The van der Waals surface area contributed by atoms with Crippen LogP contribution in [0.25, 0.3) is 11.4 Å². The molecule has 10 nitrogen and oxygen atoms in total. The normalized spacial score (nSPS) is 16.2. The van der Waals surface area contributed by atoms with Crippen molar-refractivity contribution in [1.82, 2.24) is 29.6 Å². The molecule has 2 aliphatic rings. The molecule has 3 aromatic rings. The summed E-state index contributed by atoms with van der Waals surface area (Å²) in [5.41, 5.74) is 2.35. The molecule has 1 saturated heterocycles. The Morgan fingerprint density at radius 1 is 1.22 bits per heavy atom. The molecule has 1 aliphatic carbocycles. The highest BCUT2D eigenvalue weighted by Crippen LogP contribution is 2.44. The van der Waals surface area contributed by atoms with E-state index in [0.29, 0.717) is 18.9 Å². The minimum Gasteiger partial charge on any atom is -0.483 e. The Bertz CT molecular complexity index is 1130. The molecule has 32 heavy (non-hydrogen) atoms. The van der Waals surface area contributed by atoms with Crippen LogP contribution in [-0.2, 0) is 28.0 Å². The summed E-state index contributed by atoms with van der Waals surface area (Å²) in [6, 6.07) is 5.55. The number of aromatic nitrogens is 5. The minimum absolute atomic E-state index is 0.0529. The summed E-state index contributed by atoms with van der Waals surface area (Å²) < 4.78 is 1.65. The van der Waals surface area contributed by atoms with E-state index in [1.54, 1.807) is 29.5 Å². The predicted octanol–water partition coefficient (Wildman–Crippen LogP) is 1.24. The second kappa shape index (κ2) is 9.13. The molecule has 0 atom stereocenters. The number of nitrogens with zero attached hydrogens (tertiary/aromatic N) is 5. The molecule has 1 amide bonds. The number of carbonyl (C=O) groups excluding carboxylic acids is 1. The number of nitrogens with one attached hydrogen (secondary N) is 1. The molecule has 0 bridgehead atoms. The third-order valence-electron chi connectivity index (χ3n) is 6.24. The Balaban J connectivity index is 0.000000775. The molecule has 1 aliphatic heterocycles. The number of H-pyrrole nitrogens is 1. The van der Waals surface area contributed by atoms with Gasteiger partial charge in [0.25, 0.3) is 12.0 Å². The van der Waals surface area contributed by atoms with Crippen molar-refractivity contribution >= 4 is 12.4 Å². The van der Waals surface area contributed by atoms with Crippen molar-refractivity contribution in [2.24, 2.45) is 0 Å². The van der Waals surface area contributed by atoms with Crippen molar-refractivity contribution in [2.45, 2.75) is 37.6 Å². The number of piperidine rings is 1. The van der Waals surface area contributed by atoms with Gasteiger partial charge in [0.1, 0.15) is 12.4 Å². The summed E-state index contributed by atoms with van der Waals surface area (Å²) in [6.07, 6.45) is 10.2. The smallest absolute Gasteiger partial charge is 0.290 e. The molecule has 5 rings (SSSR count). The highest BCUT2D eigenvalue weighted by Gasteiger charge is 2.44. The summed E-state index contributed by atoms with van der Waals surface area (Å²) >= 11 is 0. The van der Waals surface area contributed by atoms with Crippen LogP contribution in [-0.4, -0.2) is 60.2 Å². The van der Waals surface area contributed by atoms with Crippen LogP contribution in [0.3, 0.4) is 0 Å². The van der Waals surface area contributed by atoms with Gasteiger partial charge in [-0.25, -0.2) is 4.98 Å². The van der Waals surface area contributed by atoms with E-state index in [1.807, 2.05) is 23.1 Å². The number of carbonyl (C=O) groups is 2. The second-order valence-corrected chi connectivity index (χ2v) is 7.95. The maximum absolute atomic E-state index is 12.7. The van der Waals surface area contributed by atoms with Crippen molar-refractivity contribution in [3.8, 4) is 11.4 Å². The first-order valence-electron chi connectivity index (χ1n) is 10.4. The molecule has 166 valence electrons. The fourth-order valence-corrected chi connectivity index (χ4v) is 4.59. The summed E-state index contributed by atoms with van der Waals surface area (Å²) in [5, 5.41) is 11.0. The third kappa shape index (κ3) is 4.16. The lowest BCUT2D eigenvalue weighted by Crippen LogP contribution is -2.46. The lowest BCUT2D eigenvalue weighted by Gasteiger charge is -2.39. The van der Waals surface area contributed by atoms with E-state index in [4.69, 9.17) is 14.9 Å². The second-order valence-electron chi connectivity index (χ2n) is 7.95. The van der Waals surface area contributed by atoms with Gasteiger partial charge >= 0.3 is 0 Å². The zero-order chi connectivity index (χ0) is 22.6. The first-order valence-corrected chi connectivity index (χ1v) is 10.4. The fourth-order valence-electron chi connectivity index (χ4n) is 4.59. The van der Waals surface area contributed by atoms with Gasteiger partial charge in [-0.2, -0.15) is 5.10 Å². The summed E-state index contributed by atoms with van der Waals surface area (Å²) in [4.78, 5) is 47.5. The Morgan fingerprint density at radius 2 is 2.00 bits per heavy atom. The van der Waals surface area contributed by atoms with Gasteiger partial charge in [0.2, 0.25) is 5.91 Å². The van der Waals surface area contributed by atoms with Gasteiger partial charge in [-0.1, -0.05) is 0 Å². The Labute approximate surface area is 183 Å². The Hall–Kier alpha value is -3.82. The minimum atomic E-state index is -0.250. The van der Waals surface area contributed by atoms with Gasteiger partial charge in [-0.05, 0) is 43.9 Å². The van der Waals surface area contributed by atoms with E-state index < -0.39 is 0 Å². The molecular formula is C22H24N6O4. The monoisotopic (exact) mass is 436 g/mol. The number of aromatic amines is 1. The molecule has 3 aromatic heterocycles. The number of pyridine rings is 1. The molecule has 10 heteroatoms. The van der Waals surface area contributed by atoms with Crippen molar-refractivity contribution in [3.63, 3.8) is 0 Å². The third-order valence-corrected chi connectivity index (χ3v) is 6.24. The van der Waals surface area contributed by atoms with E-state index in [2.05, 4.69) is 15.1 Å². The van der Waals surface area contributed by atoms with Gasteiger partial charge in [0.05, 0.1) is 5.69 Å². The van der Waals surface area contributed by atoms with Gasteiger partial charge < -0.3 is 15.0 Å². The van der Waals surface area contributed by atoms with Crippen LogP contribution in [0, 0.1) is 0 Å². The highest BCUT2D eigenvalue weighted by atomic mass is 16.3. The van der Waals surface area contributed by atoms with Crippen LogP contribution in [0.15, 0.2) is 47.8 Å². The van der Waals surface area contributed by atoms with Gasteiger partial charge in [-0.15, -0.1) is 0 Å². The molecule has 0 aromatic carbocycles. The summed E-state index contributed by atoms with van der Waals surface area (Å²) in [6.45, 7) is 1.37. The number of hydrogen-bond donors (Lipinski definition) is 2.